The zero-order valence-corrected chi connectivity index (χ0v) is 21.3. The summed E-state index contributed by atoms with van der Waals surface area (Å²) in [5.41, 5.74) is 0.698. The van der Waals surface area contributed by atoms with Crippen LogP contribution in [0.4, 0.5) is 0 Å². The van der Waals surface area contributed by atoms with Crippen molar-refractivity contribution in [2.24, 2.45) is 0 Å². The Morgan fingerprint density at radius 1 is 0.794 bits per heavy atom. The Kier molecular flexibility index (Phi) is 8.45. The molecule has 2 saturated heterocycles. The summed E-state index contributed by atoms with van der Waals surface area (Å²) in [7, 11) is 1.35. The first-order valence-corrected chi connectivity index (χ1v) is 13.2. The molecule has 0 atom stereocenters. The van der Waals surface area contributed by atoms with Crippen LogP contribution in [-0.2, 0) is 18.5 Å². The first kappa shape index (κ1) is 26.3. The van der Waals surface area contributed by atoms with Crippen molar-refractivity contribution in [3.8, 4) is 0 Å². The Labute approximate surface area is 203 Å². The van der Waals surface area contributed by atoms with E-state index in [-0.39, 0.29) is 27.9 Å². The third-order valence-corrected chi connectivity index (χ3v) is 6.97. The first-order chi connectivity index (χ1) is 16.0. The zero-order chi connectivity index (χ0) is 25.0. The third-order valence-electron chi connectivity index (χ3n) is 5.53. The van der Waals surface area contributed by atoms with Crippen LogP contribution in [0.5, 0.6) is 0 Å². The molecule has 2 aromatic heterocycles. The molecule has 0 radical (unpaired) electrons. The fourth-order valence-corrected chi connectivity index (χ4v) is 5.33. The molecule has 0 N–H and O–H groups in total. The molecule has 2 aliphatic rings. The van der Waals surface area contributed by atoms with Crippen LogP contribution in [0.2, 0.25) is 0 Å². The summed E-state index contributed by atoms with van der Waals surface area (Å²) >= 11 is 0. The van der Waals surface area contributed by atoms with Crippen LogP contribution in [-0.4, -0.2) is 82.6 Å². The van der Waals surface area contributed by atoms with E-state index in [9.17, 15) is 18.0 Å². The Balaban J connectivity index is 0.000000196. The molecule has 4 rings (SSSR count). The van der Waals surface area contributed by atoms with Gasteiger partial charge >= 0.3 is 0 Å². The zero-order valence-electron chi connectivity index (χ0n) is 19.7. The smallest absolute Gasteiger partial charge is 0.265 e. The molecule has 2 amide bonds. The number of hydrogen-bond acceptors (Lipinski definition) is 8. The maximum absolute atomic E-state index is 12.4. The molecule has 0 aromatic carbocycles. The molecular weight excluding hydrogens is 488 g/mol. The lowest BCUT2D eigenvalue weighted by Crippen LogP contribution is -2.41. The van der Waals surface area contributed by atoms with E-state index in [0.717, 1.165) is 5.76 Å². The largest absolute Gasteiger partial charge is 0.466 e. The van der Waals surface area contributed by atoms with E-state index in [1.165, 1.54) is 11.8 Å². The van der Waals surface area contributed by atoms with Crippen LogP contribution in [0.1, 0.15) is 43.8 Å². The molecule has 0 bridgehead atoms. The number of halogens is 1. The predicted octanol–water partition coefficient (Wildman–Crippen LogP) is 2.67. The Hall–Kier alpha value is -2.34. The van der Waals surface area contributed by atoms with Crippen LogP contribution in [0, 0.1) is 27.7 Å². The molecular formula is C22H29ClN2O8S. The molecule has 188 valence electrons. The SMILES string of the molecule is Cc1cc(C(=O)N2CCOCC2)c(C)o1.Cc1oc(C)c(S(=O)(=O)Cl)c1C(=O)N1CCOCC1. The van der Waals surface area contributed by atoms with Crippen LogP contribution < -0.4 is 0 Å². The second-order valence-corrected chi connectivity index (χ2v) is 10.5. The van der Waals surface area contributed by atoms with Crippen molar-refractivity contribution in [1.82, 2.24) is 9.80 Å². The number of carbonyl (C=O) groups excluding carboxylic acids is 2. The van der Waals surface area contributed by atoms with Gasteiger partial charge in [-0.1, -0.05) is 0 Å². The van der Waals surface area contributed by atoms with Crippen molar-refractivity contribution in [3.05, 3.63) is 40.2 Å². The fourth-order valence-electron chi connectivity index (χ4n) is 3.91. The summed E-state index contributed by atoms with van der Waals surface area (Å²) in [5, 5.41) is 0. The highest BCUT2D eigenvalue weighted by molar-refractivity contribution is 8.13. The van der Waals surface area contributed by atoms with Gasteiger partial charge in [0, 0.05) is 36.9 Å². The van der Waals surface area contributed by atoms with Gasteiger partial charge in [0.05, 0.1) is 32.0 Å². The summed E-state index contributed by atoms with van der Waals surface area (Å²) in [5.74, 6) is 1.52. The molecule has 0 aliphatic carbocycles. The van der Waals surface area contributed by atoms with E-state index in [2.05, 4.69) is 0 Å². The third kappa shape index (κ3) is 6.01. The maximum atomic E-state index is 12.4. The van der Waals surface area contributed by atoms with E-state index in [1.807, 2.05) is 13.8 Å². The van der Waals surface area contributed by atoms with Gasteiger partial charge in [-0.05, 0) is 33.8 Å². The van der Waals surface area contributed by atoms with Crippen molar-refractivity contribution >= 4 is 31.5 Å². The highest BCUT2D eigenvalue weighted by Crippen LogP contribution is 2.30. The van der Waals surface area contributed by atoms with Crippen LogP contribution in [0.3, 0.4) is 0 Å². The number of nitrogens with zero attached hydrogens (tertiary/aromatic N) is 2. The van der Waals surface area contributed by atoms with Crippen LogP contribution in [0.25, 0.3) is 0 Å². The molecule has 34 heavy (non-hydrogen) atoms. The molecule has 0 saturated carbocycles. The topological polar surface area (TPSA) is 120 Å². The minimum atomic E-state index is -4.03. The Bertz CT molecular complexity index is 1140. The van der Waals surface area contributed by atoms with E-state index in [1.54, 1.807) is 17.9 Å². The lowest BCUT2D eigenvalue weighted by molar-refractivity contribution is 0.0298. The summed E-state index contributed by atoms with van der Waals surface area (Å²) < 4.78 is 44.1. The van der Waals surface area contributed by atoms with Crippen molar-refractivity contribution in [2.75, 3.05) is 52.6 Å². The lowest BCUT2D eigenvalue weighted by atomic mass is 10.2. The number of rotatable bonds is 3. The van der Waals surface area contributed by atoms with Crippen molar-refractivity contribution in [2.45, 2.75) is 32.6 Å². The van der Waals surface area contributed by atoms with E-state index < -0.39 is 15.0 Å². The summed E-state index contributed by atoms with van der Waals surface area (Å²) in [6, 6.07) is 1.80. The van der Waals surface area contributed by atoms with E-state index in [4.69, 9.17) is 29.0 Å². The molecule has 0 spiro atoms. The Morgan fingerprint density at radius 2 is 1.29 bits per heavy atom. The van der Waals surface area contributed by atoms with Gasteiger partial charge in [-0.15, -0.1) is 0 Å². The number of furan rings is 2. The molecule has 10 nitrogen and oxygen atoms in total. The van der Waals surface area contributed by atoms with Gasteiger partial charge in [-0.2, -0.15) is 0 Å². The number of hydrogen-bond donors (Lipinski definition) is 0. The molecule has 12 heteroatoms. The van der Waals surface area contributed by atoms with Crippen LogP contribution in [0.15, 0.2) is 19.8 Å². The summed E-state index contributed by atoms with van der Waals surface area (Å²) in [6.07, 6.45) is 0. The standard InChI is InChI=1S/C11H14ClNO5S.C11H15NO3/c1-7-9(10(8(2)18-7)19(12,15)16)11(14)13-3-5-17-6-4-13;1-8-7-10(9(2)15-8)11(13)12-3-5-14-6-4-12/h3-6H2,1-2H3;7H,3-6H2,1-2H3. The summed E-state index contributed by atoms with van der Waals surface area (Å²) in [6.45, 7) is 11.0. The van der Waals surface area contributed by atoms with Crippen molar-refractivity contribution in [1.29, 1.82) is 0 Å². The molecule has 2 aromatic rings. The van der Waals surface area contributed by atoms with Gasteiger partial charge in [-0.25, -0.2) is 8.42 Å². The van der Waals surface area contributed by atoms with Crippen molar-refractivity contribution < 1.29 is 36.3 Å². The van der Waals surface area contributed by atoms with Gasteiger partial charge in [0.2, 0.25) is 0 Å². The van der Waals surface area contributed by atoms with Gasteiger partial charge < -0.3 is 28.1 Å². The first-order valence-electron chi connectivity index (χ1n) is 10.9. The Morgan fingerprint density at radius 3 is 1.74 bits per heavy atom. The van der Waals surface area contributed by atoms with Crippen LogP contribution >= 0.6 is 10.7 Å². The quantitative estimate of drug-likeness (QED) is 0.571. The minimum Gasteiger partial charge on any atom is -0.466 e. The second kappa shape index (κ2) is 10.9. The summed E-state index contributed by atoms with van der Waals surface area (Å²) in [4.78, 5) is 27.5. The number of morpholine rings is 2. The fraction of sp³-hybridized carbons (Fsp3) is 0.545. The normalized spacial score (nSPS) is 16.7. The van der Waals surface area contributed by atoms with Crippen molar-refractivity contribution in [3.63, 3.8) is 0 Å². The molecule has 4 heterocycles. The van der Waals surface area contributed by atoms with E-state index in [0.29, 0.717) is 63.9 Å². The van der Waals surface area contributed by atoms with Gasteiger partial charge in [0.1, 0.15) is 33.5 Å². The number of carbonyl (C=O) groups is 2. The lowest BCUT2D eigenvalue weighted by Gasteiger charge is -2.26. The number of aryl methyl sites for hydroxylation is 4. The molecule has 2 aliphatic heterocycles. The van der Waals surface area contributed by atoms with Gasteiger partial charge in [0.15, 0.2) is 0 Å². The minimum absolute atomic E-state index is 0.0226. The number of ether oxygens (including phenoxy) is 2. The van der Waals surface area contributed by atoms with E-state index >= 15 is 0 Å². The number of amides is 2. The highest BCUT2D eigenvalue weighted by Gasteiger charge is 2.32. The molecule has 0 unspecified atom stereocenters. The predicted molar refractivity (Wildman–Crippen MR) is 123 cm³/mol. The average molecular weight is 517 g/mol. The second-order valence-electron chi connectivity index (χ2n) is 7.99. The van der Waals surface area contributed by atoms with Gasteiger partial charge in [0.25, 0.3) is 20.9 Å². The average Bonchev–Trinajstić information content (AvgIpc) is 3.30. The maximum Gasteiger partial charge on any atom is 0.265 e. The molecule has 2 fully saturated rings. The van der Waals surface area contributed by atoms with Gasteiger partial charge in [-0.3, -0.25) is 9.59 Å². The monoisotopic (exact) mass is 516 g/mol. The highest BCUT2D eigenvalue weighted by atomic mass is 35.7.